The van der Waals surface area contributed by atoms with Crippen molar-refractivity contribution in [1.82, 2.24) is 4.98 Å². The summed E-state index contributed by atoms with van der Waals surface area (Å²) < 4.78 is 0. The number of nitrogens with zero attached hydrogens (tertiary/aromatic N) is 3. The molecule has 0 bridgehead atoms. The van der Waals surface area contributed by atoms with Crippen LogP contribution in [0, 0.1) is 23.0 Å². The molecule has 1 fully saturated rings. The van der Waals surface area contributed by atoms with Gasteiger partial charge in [-0.25, -0.2) is 4.98 Å². The summed E-state index contributed by atoms with van der Waals surface area (Å²) in [5.74, 6) is 1.15. The number of anilines is 1. The van der Waals surface area contributed by atoms with Crippen LogP contribution in [0.4, 0.5) is 11.5 Å². The molecule has 1 aliphatic carbocycles. The van der Waals surface area contributed by atoms with E-state index in [4.69, 9.17) is 5.73 Å². The van der Waals surface area contributed by atoms with Crippen LogP contribution >= 0.6 is 0 Å². The van der Waals surface area contributed by atoms with Gasteiger partial charge in [0.15, 0.2) is 0 Å². The molecule has 0 spiro atoms. The third kappa shape index (κ3) is 2.75. The SMILES string of the molecule is CCN(c1cc([N+](=O)[O-])c(C)cn1)C1CCCC1CN. The largest absolute Gasteiger partial charge is 0.353 e. The van der Waals surface area contributed by atoms with Gasteiger partial charge in [0.25, 0.3) is 5.69 Å². The average Bonchev–Trinajstić information content (AvgIpc) is 2.89. The predicted octanol–water partition coefficient (Wildman–Crippen LogP) is 2.25. The molecule has 1 aromatic rings. The van der Waals surface area contributed by atoms with Gasteiger partial charge in [0, 0.05) is 24.3 Å². The maximum atomic E-state index is 11.1. The van der Waals surface area contributed by atoms with Gasteiger partial charge >= 0.3 is 0 Å². The normalized spacial score (nSPS) is 21.9. The van der Waals surface area contributed by atoms with E-state index in [-0.39, 0.29) is 10.6 Å². The molecule has 2 N–H and O–H groups in total. The van der Waals surface area contributed by atoms with Crippen LogP contribution in [0.3, 0.4) is 0 Å². The molecule has 1 saturated carbocycles. The van der Waals surface area contributed by atoms with E-state index in [1.54, 1.807) is 19.2 Å². The molecule has 2 atom stereocenters. The first-order chi connectivity index (χ1) is 9.58. The van der Waals surface area contributed by atoms with Crippen LogP contribution in [0.25, 0.3) is 0 Å². The van der Waals surface area contributed by atoms with E-state index in [2.05, 4.69) is 16.8 Å². The number of pyridine rings is 1. The molecule has 0 aliphatic heterocycles. The second-order valence-corrected chi connectivity index (χ2v) is 5.37. The van der Waals surface area contributed by atoms with Gasteiger partial charge < -0.3 is 10.6 Å². The van der Waals surface area contributed by atoms with Crippen LogP contribution in [0.15, 0.2) is 12.3 Å². The van der Waals surface area contributed by atoms with Crippen LogP contribution in [0.5, 0.6) is 0 Å². The van der Waals surface area contributed by atoms with Gasteiger partial charge in [-0.3, -0.25) is 10.1 Å². The van der Waals surface area contributed by atoms with Crippen molar-refractivity contribution in [2.24, 2.45) is 11.7 Å². The number of aromatic nitrogens is 1. The highest BCUT2D eigenvalue weighted by atomic mass is 16.6. The Kier molecular flexibility index (Phi) is 4.54. The lowest BCUT2D eigenvalue weighted by atomic mass is 10.0. The molecule has 0 amide bonds. The lowest BCUT2D eigenvalue weighted by Gasteiger charge is -2.32. The Morgan fingerprint density at radius 3 is 2.90 bits per heavy atom. The highest BCUT2D eigenvalue weighted by molar-refractivity contribution is 5.51. The number of nitrogens with two attached hydrogens (primary N) is 1. The van der Waals surface area contributed by atoms with E-state index in [0.717, 1.165) is 25.8 Å². The molecular weight excluding hydrogens is 256 g/mol. The van der Waals surface area contributed by atoms with Crippen LogP contribution in [-0.2, 0) is 0 Å². The number of hydrogen-bond donors (Lipinski definition) is 1. The fourth-order valence-electron chi connectivity index (χ4n) is 3.13. The maximum Gasteiger partial charge on any atom is 0.277 e. The van der Waals surface area contributed by atoms with Gasteiger partial charge in [-0.1, -0.05) is 6.42 Å². The Balaban J connectivity index is 2.32. The summed E-state index contributed by atoms with van der Waals surface area (Å²) in [4.78, 5) is 17.3. The van der Waals surface area contributed by atoms with Crippen LogP contribution in [0.1, 0.15) is 31.7 Å². The van der Waals surface area contributed by atoms with Gasteiger partial charge in [0.05, 0.1) is 11.0 Å². The minimum atomic E-state index is -0.344. The summed E-state index contributed by atoms with van der Waals surface area (Å²) in [5, 5.41) is 11.1. The quantitative estimate of drug-likeness (QED) is 0.659. The number of hydrogen-bond acceptors (Lipinski definition) is 5. The first-order valence-electron chi connectivity index (χ1n) is 7.16. The molecule has 2 rings (SSSR count). The zero-order chi connectivity index (χ0) is 14.7. The van der Waals surface area contributed by atoms with Crippen molar-refractivity contribution >= 4 is 11.5 Å². The Morgan fingerprint density at radius 1 is 1.55 bits per heavy atom. The van der Waals surface area contributed by atoms with Crippen molar-refractivity contribution in [3.05, 3.63) is 27.9 Å². The van der Waals surface area contributed by atoms with E-state index >= 15 is 0 Å². The Hall–Kier alpha value is -1.69. The van der Waals surface area contributed by atoms with Crippen LogP contribution in [0.2, 0.25) is 0 Å². The zero-order valence-corrected chi connectivity index (χ0v) is 12.1. The number of aryl methyl sites for hydroxylation is 1. The highest BCUT2D eigenvalue weighted by Crippen LogP contribution is 2.33. The standard InChI is InChI=1S/C14H22N4O2/c1-3-17(12-6-4-5-11(12)8-15)14-7-13(18(19)20)10(2)9-16-14/h7,9,11-12H,3-6,8,15H2,1-2H3. The second kappa shape index (κ2) is 6.17. The van der Waals surface area contributed by atoms with Crippen molar-refractivity contribution in [3.8, 4) is 0 Å². The Bertz CT molecular complexity index is 492. The topological polar surface area (TPSA) is 85.3 Å². The molecule has 0 aromatic carbocycles. The third-order valence-electron chi connectivity index (χ3n) is 4.21. The first-order valence-corrected chi connectivity index (χ1v) is 7.16. The molecule has 1 heterocycles. The fourth-order valence-corrected chi connectivity index (χ4v) is 3.13. The maximum absolute atomic E-state index is 11.1. The summed E-state index contributed by atoms with van der Waals surface area (Å²) in [5.41, 5.74) is 6.57. The number of nitro groups is 1. The molecule has 1 aromatic heterocycles. The van der Waals surface area contributed by atoms with Crippen LogP contribution in [-0.4, -0.2) is 29.0 Å². The third-order valence-corrected chi connectivity index (χ3v) is 4.21. The lowest BCUT2D eigenvalue weighted by Crippen LogP contribution is -2.40. The Morgan fingerprint density at radius 2 is 2.30 bits per heavy atom. The molecule has 110 valence electrons. The van der Waals surface area contributed by atoms with Crippen LogP contribution < -0.4 is 10.6 Å². The summed E-state index contributed by atoms with van der Waals surface area (Å²) >= 11 is 0. The minimum absolute atomic E-state index is 0.135. The van der Waals surface area contributed by atoms with Gasteiger partial charge in [-0.15, -0.1) is 0 Å². The average molecular weight is 278 g/mol. The molecule has 20 heavy (non-hydrogen) atoms. The van der Waals surface area contributed by atoms with Crippen molar-refractivity contribution in [2.45, 2.75) is 39.2 Å². The molecule has 2 unspecified atom stereocenters. The molecule has 0 radical (unpaired) electrons. The van der Waals surface area contributed by atoms with E-state index in [1.807, 2.05) is 0 Å². The highest BCUT2D eigenvalue weighted by Gasteiger charge is 2.31. The minimum Gasteiger partial charge on any atom is -0.353 e. The zero-order valence-electron chi connectivity index (χ0n) is 12.1. The summed E-state index contributed by atoms with van der Waals surface area (Å²) in [7, 11) is 0. The molecular formula is C14H22N4O2. The van der Waals surface area contributed by atoms with E-state index in [1.165, 1.54) is 0 Å². The fraction of sp³-hybridized carbons (Fsp3) is 0.643. The Labute approximate surface area is 119 Å². The van der Waals surface area contributed by atoms with Gasteiger partial charge in [0.2, 0.25) is 0 Å². The van der Waals surface area contributed by atoms with E-state index < -0.39 is 0 Å². The summed E-state index contributed by atoms with van der Waals surface area (Å²) in [6.07, 6.45) is 4.96. The second-order valence-electron chi connectivity index (χ2n) is 5.37. The molecule has 6 heteroatoms. The smallest absolute Gasteiger partial charge is 0.277 e. The van der Waals surface area contributed by atoms with Gasteiger partial charge in [0.1, 0.15) is 5.82 Å². The van der Waals surface area contributed by atoms with Crippen molar-refractivity contribution in [2.75, 3.05) is 18.0 Å². The van der Waals surface area contributed by atoms with Gasteiger partial charge in [-0.2, -0.15) is 0 Å². The summed E-state index contributed by atoms with van der Waals surface area (Å²) in [6, 6.07) is 1.94. The van der Waals surface area contributed by atoms with Gasteiger partial charge in [-0.05, 0) is 39.2 Å². The van der Waals surface area contributed by atoms with Crippen molar-refractivity contribution < 1.29 is 4.92 Å². The van der Waals surface area contributed by atoms with Crippen molar-refractivity contribution in [3.63, 3.8) is 0 Å². The molecule has 6 nitrogen and oxygen atoms in total. The van der Waals surface area contributed by atoms with E-state index in [0.29, 0.717) is 29.9 Å². The molecule has 1 aliphatic rings. The molecule has 0 saturated heterocycles. The summed E-state index contributed by atoms with van der Waals surface area (Å²) in [6.45, 7) is 5.21. The van der Waals surface area contributed by atoms with Crippen molar-refractivity contribution in [1.29, 1.82) is 0 Å². The lowest BCUT2D eigenvalue weighted by molar-refractivity contribution is -0.385. The predicted molar refractivity (Wildman–Crippen MR) is 78.8 cm³/mol. The monoisotopic (exact) mass is 278 g/mol. The number of rotatable bonds is 5. The first kappa shape index (κ1) is 14.7. The van der Waals surface area contributed by atoms with E-state index in [9.17, 15) is 10.1 Å².